The lowest BCUT2D eigenvalue weighted by atomic mass is 10.2. The van der Waals surface area contributed by atoms with E-state index in [2.05, 4.69) is 0 Å². The Morgan fingerprint density at radius 3 is 2.54 bits per heavy atom. The number of non-ortho nitro benzene ring substituents is 1. The minimum absolute atomic E-state index is 0.0452. The van der Waals surface area contributed by atoms with E-state index < -0.39 is 27.8 Å². The average Bonchev–Trinajstić information content (AvgIpc) is 2.56. The number of carbonyl (C=O) groups excluding carboxylic acids is 1. The smallest absolute Gasteiger partial charge is 0.319 e. The van der Waals surface area contributed by atoms with E-state index in [4.69, 9.17) is 4.74 Å². The number of nitrogens with zero attached hydrogens (tertiary/aromatic N) is 1. The van der Waals surface area contributed by atoms with Gasteiger partial charge < -0.3 is 4.74 Å². The number of carbonyl (C=O) groups is 1. The molecule has 2 rings (SSSR count). The predicted octanol–water partition coefficient (Wildman–Crippen LogP) is 4.10. The molecule has 0 radical (unpaired) electrons. The van der Waals surface area contributed by atoms with Crippen LogP contribution in [0.1, 0.15) is 12.5 Å². The van der Waals surface area contributed by atoms with Crippen molar-refractivity contribution in [3.05, 3.63) is 69.8 Å². The molecule has 24 heavy (non-hydrogen) atoms. The molecule has 0 saturated carbocycles. The number of hydrogen-bond donors (Lipinski definition) is 0. The Hall–Kier alpha value is -2.48. The van der Waals surface area contributed by atoms with Crippen LogP contribution in [0.4, 0.5) is 14.5 Å². The van der Waals surface area contributed by atoms with Crippen LogP contribution in [-0.2, 0) is 16.1 Å². The fraction of sp³-hybridized carbons (Fsp3) is 0.188. The molecule has 0 aliphatic rings. The molecule has 8 heteroatoms. The van der Waals surface area contributed by atoms with Crippen LogP contribution in [0, 0.1) is 21.7 Å². The first kappa shape index (κ1) is 17.9. The van der Waals surface area contributed by atoms with E-state index in [1.807, 2.05) is 0 Å². The molecule has 0 aliphatic heterocycles. The fourth-order valence-corrected chi connectivity index (χ4v) is 2.69. The summed E-state index contributed by atoms with van der Waals surface area (Å²) >= 11 is 1.15. The molecule has 0 spiro atoms. The van der Waals surface area contributed by atoms with Gasteiger partial charge >= 0.3 is 5.97 Å². The number of ether oxygens (including phenoxy) is 1. The van der Waals surface area contributed by atoms with Gasteiger partial charge in [0.15, 0.2) is 11.6 Å². The number of esters is 1. The van der Waals surface area contributed by atoms with Crippen LogP contribution >= 0.6 is 11.8 Å². The molecule has 0 saturated heterocycles. The van der Waals surface area contributed by atoms with Gasteiger partial charge in [-0.2, -0.15) is 0 Å². The Morgan fingerprint density at radius 2 is 1.92 bits per heavy atom. The van der Waals surface area contributed by atoms with E-state index in [-0.39, 0.29) is 17.9 Å². The quantitative estimate of drug-likeness (QED) is 0.338. The molecule has 0 bridgehead atoms. The molecule has 5 nitrogen and oxygen atoms in total. The van der Waals surface area contributed by atoms with Crippen LogP contribution in [0.3, 0.4) is 0 Å². The average molecular weight is 353 g/mol. The maximum atomic E-state index is 13.5. The Bertz CT molecular complexity index is 752. The fourth-order valence-electron chi connectivity index (χ4n) is 1.82. The maximum absolute atomic E-state index is 13.5. The van der Waals surface area contributed by atoms with Crippen molar-refractivity contribution in [3.63, 3.8) is 0 Å². The lowest BCUT2D eigenvalue weighted by Gasteiger charge is -2.11. The largest absolute Gasteiger partial charge is 0.460 e. The van der Waals surface area contributed by atoms with Crippen molar-refractivity contribution in [3.8, 4) is 0 Å². The summed E-state index contributed by atoms with van der Waals surface area (Å²) in [6, 6.07) is 9.37. The van der Waals surface area contributed by atoms with Crippen molar-refractivity contribution in [2.45, 2.75) is 23.7 Å². The first-order chi connectivity index (χ1) is 11.4. The third-order valence-electron chi connectivity index (χ3n) is 3.09. The van der Waals surface area contributed by atoms with Crippen molar-refractivity contribution < 1.29 is 23.2 Å². The Labute approximate surface area is 140 Å². The Morgan fingerprint density at radius 1 is 1.25 bits per heavy atom. The van der Waals surface area contributed by atoms with E-state index in [9.17, 15) is 23.7 Å². The Kier molecular flexibility index (Phi) is 5.86. The van der Waals surface area contributed by atoms with E-state index in [1.54, 1.807) is 6.92 Å². The van der Waals surface area contributed by atoms with Crippen LogP contribution in [0.15, 0.2) is 47.4 Å². The van der Waals surface area contributed by atoms with Crippen LogP contribution in [0.5, 0.6) is 0 Å². The molecular formula is C16H13F2NO4S. The minimum atomic E-state index is -1.04. The molecule has 1 unspecified atom stereocenters. The topological polar surface area (TPSA) is 69.4 Å². The number of benzene rings is 2. The van der Waals surface area contributed by atoms with Crippen LogP contribution in [-0.4, -0.2) is 16.1 Å². The summed E-state index contributed by atoms with van der Waals surface area (Å²) < 4.78 is 31.5. The van der Waals surface area contributed by atoms with E-state index in [0.29, 0.717) is 4.90 Å². The van der Waals surface area contributed by atoms with Crippen molar-refractivity contribution in [2.75, 3.05) is 0 Å². The highest BCUT2D eigenvalue weighted by atomic mass is 32.2. The standard InChI is InChI=1S/C16H13F2NO4S/c1-10(24-13-7-5-12(6-8-13)19(21)22)16(20)23-9-11-3-2-4-14(17)15(11)18/h2-8,10H,9H2,1H3. The summed E-state index contributed by atoms with van der Waals surface area (Å²) in [7, 11) is 0. The number of hydrogen-bond acceptors (Lipinski definition) is 5. The van der Waals surface area contributed by atoms with Gasteiger partial charge in [0.2, 0.25) is 0 Å². The van der Waals surface area contributed by atoms with E-state index in [0.717, 1.165) is 17.8 Å². The van der Waals surface area contributed by atoms with Gasteiger partial charge in [0.25, 0.3) is 5.69 Å². The van der Waals surface area contributed by atoms with Gasteiger partial charge in [-0.25, -0.2) is 8.78 Å². The number of halogens is 2. The zero-order valence-electron chi connectivity index (χ0n) is 12.6. The van der Waals surface area contributed by atoms with Gasteiger partial charge in [-0.1, -0.05) is 12.1 Å². The molecule has 126 valence electrons. The number of nitro groups is 1. The molecule has 0 amide bonds. The summed E-state index contributed by atoms with van der Waals surface area (Å²) in [6.45, 7) is 1.23. The number of rotatable bonds is 6. The first-order valence-corrected chi connectivity index (χ1v) is 7.77. The first-order valence-electron chi connectivity index (χ1n) is 6.89. The third-order valence-corrected chi connectivity index (χ3v) is 4.18. The van der Waals surface area contributed by atoms with Gasteiger partial charge in [-0.05, 0) is 25.1 Å². The molecule has 2 aromatic carbocycles. The van der Waals surface area contributed by atoms with E-state index >= 15 is 0 Å². The van der Waals surface area contributed by atoms with Crippen molar-refractivity contribution >= 4 is 23.4 Å². The van der Waals surface area contributed by atoms with Crippen molar-refractivity contribution in [2.24, 2.45) is 0 Å². The zero-order chi connectivity index (χ0) is 17.7. The van der Waals surface area contributed by atoms with Crippen LogP contribution in [0.25, 0.3) is 0 Å². The highest BCUT2D eigenvalue weighted by Crippen LogP contribution is 2.26. The van der Waals surface area contributed by atoms with Crippen molar-refractivity contribution in [1.82, 2.24) is 0 Å². The number of nitro benzene ring substituents is 1. The third kappa shape index (κ3) is 4.51. The molecule has 0 heterocycles. The van der Waals surface area contributed by atoms with E-state index in [1.165, 1.54) is 36.4 Å². The predicted molar refractivity (Wildman–Crippen MR) is 84.6 cm³/mol. The molecule has 0 aliphatic carbocycles. The SMILES string of the molecule is CC(Sc1ccc([N+](=O)[O-])cc1)C(=O)OCc1cccc(F)c1F. The minimum Gasteiger partial charge on any atom is -0.460 e. The molecular weight excluding hydrogens is 340 g/mol. The van der Waals surface area contributed by atoms with Gasteiger partial charge in [0.1, 0.15) is 11.9 Å². The monoisotopic (exact) mass is 353 g/mol. The number of thioether (sulfide) groups is 1. The second-order valence-corrected chi connectivity index (χ2v) is 6.25. The summed E-state index contributed by atoms with van der Waals surface area (Å²) in [5, 5.41) is 9.97. The lowest BCUT2D eigenvalue weighted by Crippen LogP contribution is -2.17. The summed E-state index contributed by atoms with van der Waals surface area (Å²) in [4.78, 5) is 22.6. The van der Waals surface area contributed by atoms with Gasteiger partial charge in [-0.15, -0.1) is 11.8 Å². The molecule has 0 fully saturated rings. The Balaban J connectivity index is 1.92. The summed E-state index contributed by atoms with van der Waals surface area (Å²) in [6.07, 6.45) is 0. The highest BCUT2D eigenvalue weighted by Gasteiger charge is 2.18. The van der Waals surface area contributed by atoms with Crippen LogP contribution < -0.4 is 0 Å². The molecule has 0 N–H and O–H groups in total. The zero-order valence-corrected chi connectivity index (χ0v) is 13.4. The highest BCUT2D eigenvalue weighted by molar-refractivity contribution is 8.00. The second kappa shape index (κ2) is 7.87. The lowest BCUT2D eigenvalue weighted by molar-refractivity contribution is -0.384. The van der Waals surface area contributed by atoms with Crippen LogP contribution in [0.2, 0.25) is 0 Å². The molecule has 1 atom stereocenters. The second-order valence-electron chi connectivity index (χ2n) is 4.83. The normalized spacial score (nSPS) is 11.8. The summed E-state index contributed by atoms with van der Waals surface area (Å²) in [5.41, 5.74) is -0.0907. The van der Waals surface area contributed by atoms with Crippen molar-refractivity contribution in [1.29, 1.82) is 0 Å². The summed E-state index contributed by atoms with van der Waals surface area (Å²) in [5.74, 6) is -2.64. The van der Waals surface area contributed by atoms with Gasteiger partial charge in [-0.3, -0.25) is 14.9 Å². The molecule has 0 aromatic heterocycles. The maximum Gasteiger partial charge on any atom is 0.319 e. The van der Waals surface area contributed by atoms with Gasteiger partial charge in [0, 0.05) is 22.6 Å². The molecule has 2 aromatic rings. The van der Waals surface area contributed by atoms with Gasteiger partial charge in [0.05, 0.1) is 4.92 Å².